The number of halogens is 1. The molecule has 1 rings (SSSR count). The van der Waals surface area contributed by atoms with Gasteiger partial charge < -0.3 is 10.5 Å². The largest absolute Gasteiger partial charge is 0.490 e. The second-order valence-corrected chi connectivity index (χ2v) is 5.09. The number of ether oxygens (including phenoxy) is 1. The highest BCUT2D eigenvalue weighted by Gasteiger charge is 2.11. The molecule has 0 aromatic heterocycles. The van der Waals surface area contributed by atoms with Crippen molar-refractivity contribution in [3.8, 4) is 5.75 Å². The molecule has 1 aromatic rings. The Hall–Kier alpha value is -0.740. The fourth-order valence-electron chi connectivity index (χ4n) is 1.60. The van der Waals surface area contributed by atoms with Gasteiger partial charge in [-0.3, -0.25) is 0 Å². The highest BCUT2D eigenvalue weighted by molar-refractivity contribution is 7.98. The standard InChI is InChI=1S/C13H20FNOS/c1-10(15)9-11-5-3-6-12(14)13(11)16-7-4-8-17-2/h3,5-6,10H,4,7-9,15H2,1-2H3. The van der Waals surface area contributed by atoms with Crippen LogP contribution >= 0.6 is 11.8 Å². The van der Waals surface area contributed by atoms with E-state index in [1.54, 1.807) is 17.8 Å². The summed E-state index contributed by atoms with van der Waals surface area (Å²) in [6, 6.07) is 5.00. The first-order chi connectivity index (χ1) is 8.15. The zero-order chi connectivity index (χ0) is 12.7. The van der Waals surface area contributed by atoms with Gasteiger partial charge in [-0.25, -0.2) is 4.39 Å². The Morgan fingerprint density at radius 2 is 2.24 bits per heavy atom. The van der Waals surface area contributed by atoms with Crippen LogP contribution in [-0.4, -0.2) is 24.7 Å². The van der Waals surface area contributed by atoms with Crippen molar-refractivity contribution in [1.82, 2.24) is 0 Å². The Bertz CT molecular complexity index is 344. The highest BCUT2D eigenvalue weighted by atomic mass is 32.2. The summed E-state index contributed by atoms with van der Waals surface area (Å²) < 4.78 is 19.2. The molecule has 0 radical (unpaired) electrons. The fraction of sp³-hybridized carbons (Fsp3) is 0.538. The van der Waals surface area contributed by atoms with Crippen LogP contribution < -0.4 is 10.5 Å². The monoisotopic (exact) mass is 257 g/mol. The minimum absolute atomic E-state index is 0.00495. The number of benzene rings is 1. The van der Waals surface area contributed by atoms with Gasteiger partial charge in [0, 0.05) is 6.04 Å². The molecule has 0 bridgehead atoms. The summed E-state index contributed by atoms with van der Waals surface area (Å²) in [7, 11) is 0. The van der Waals surface area contributed by atoms with E-state index in [0.717, 1.165) is 17.7 Å². The SMILES string of the molecule is CSCCCOc1c(F)cccc1CC(C)N. The van der Waals surface area contributed by atoms with Crippen molar-refractivity contribution in [2.45, 2.75) is 25.8 Å². The van der Waals surface area contributed by atoms with Crippen molar-refractivity contribution in [3.05, 3.63) is 29.6 Å². The summed E-state index contributed by atoms with van der Waals surface area (Å²) in [5, 5.41) is 0. The van der Waals surface area contributed by atoms with E-state index in [9.17, 15) is 4.39 Å². The topological polar surface area (TPSA) is 35.2 Å². The van der Waals surface area contributed by atoms with Crippen LogP contribution in [0, 0.1) is 5.82 Å². The molecule has 1 aromatic carbocycles. The average molecular weight is 257 g/mol. The molecule has 4 heteroatoms. The Labute approximate surface area is 107 Å². The molecule has 0 heterocycles. The number of rotatable bonds is 7. The van der Waals surface area contributed by atoms with Crippen molar-refractivity contribution in [2.75, 3.05) is 18.6 Å². The molecular formula is C13H20FNOS. The lowest BCUT2D eigenvalue weighted by molar-refractivity contribution is 0.298. The maximum Gasteiger partial charge on any atom is 0.165 e. The second-order valence-electron chi connectivity index (χ2n) is 4.10. The molecule has 2 N–H and O–H groups in total. The summed E-state index contributed by atoms with van der Waals surface area (Å²) in [6.45, 7) is 2.45. The highest BCUT2D eigenvalue weighted by Crippen LogP contribution is 2.24. The molecule has 1 unspecified atom stereocenters. The Kier molecular flexibility index (Phi) is 6.37. The zero-order valence-electron chi connectivity index (χ0n) is 10.4. The van der Waals surface area contributed by atoms with Gasteiger partial charge in [0.1, 0.15) is 0 Å². The van der Waals surface area contributed by atoms with Gasteiger partial charge in [-0.2, -0.15) is 11.8 Å². The van der Waals surface area contributed by atoms with Gasteiger partial charge >= 0.3 is 0 Å². The van der Waals surface area contributed by atoms with Crippen molar-refractivity contribution in [1.29, 1.82) is 0 Å². The van der Waals surface area contributed by atoms with Crippen LogP contribution in [0.5, 0.6) is 5.75 Å². The molecule has 0 fully saturated rings. The third kappa shape index (κ3) is 4.96. The number of hydrogen-bond donors (Lipinski definition) is 1. The molecule has 96 valence electrons. The van der Waals surface area contributed by atoms with Crippen molar-refractivity contribution in [2.24, 2.45) is 5.73 Å². The Morgan fingerprint density at radius 3 is 2.88 bits per heavy atom. The van der Waals surface area contributed by atoms with Crippen molar-refractivity contribution < 1.29 is 9.13 Å². The summed E-state index contributed by atoms with van der Waals surface area (Å²) in [6.07, 6.45) is 3.60. The number of nitrogens with two attached hydrogens (primary N) is 1. The molecule has 0 aliphatic heterocycles. The summed E-state index contributed by atoms with van der Waals surface area (Å²) in [4.78, 5) is 0. The van der Waals surface area contributed by atoms with Gasteiger partial charge in [-0.05, 0) is 43.4 Å². The van der Waals surface area contributed by atoms with Gasteiger partial charge in [0.15, 0.2) is 11.6 Å². The Morgan fingerprint density at radius 1 is 1.47 bits per heavy atom. The predicted molar refractivity (Wildman–Crippen MR) is 72.2 cm³/mol. The van der Waals surface area contributed by atoms with E-state index in [-0.39, 0.29) is 11.9 Å². The van der Waals surface area contributed by atoms with Crippen LogP contribution in [-0.2, 0) is 6.42 Å². The maximum absolute atomic E-state index is 13.6. The van der Waals surface area contributed by atoms with Gasteiger partial charge in [0.2, 0.25) is 0 Å². The third-order valence-corrected chi connectivity index (χ3v) is 3.03. The summed E-state index contributed by atoms with van der Waals surface area (Å²) in [5.74, 6) is 1.09. The van der Waals surface area contributed by atoms with Crippen LogP contribution in [0.15, 0.2) is 18.2 Å². The first-order valence-electron chi connectivity index (χ1n) is 5.80. The zero-order valence-corrected chi connectivity index (χ0v) is 11.2. The Balaban J connectivity index is 2.66. The minimum Gasteiger partial charge on any atom is -0.490 e. The molecule has 2 nitrogen and oxygen atoms in total. The van der Waals surface area contributed by atoms with E-state index >= 15 is 0 Å². The van der Waals surface area contributed by atoms with E-state index in [4.69, 9.17) is 10.5 Å². The molecule has 0 spiro atoms. The summed E-state index contributed by atoms with van der Waals surface area (Å²) in [5.41, 5.74) is 6.59. The van der Waals surface area contributed by atoms with E-state index in [1.165, 1.54) is 6.07 Å². The van der Waals surface area contributed by atoms with E-state index in [1.807, 2.05) is 19.2 Å². The van der Waals surface area contributed by atoms with Gasteiger partial charge in [-0.15, -0.1) is 0 Å². The van der Waals surface area contributed by atoms with Crippen LogP contribution in [0.1, 0.15) is 18.9 Å². The molecular weight excluding hydrogens is 237 g/mol. The number of para-hydroxylation sites is 1. The molecule has 0 saturated heterocycles. The van der Waals surface area contributed by atoms with E-state index in [2.05, 4.69) is 0 Å². The molecule has 0 saturated carbocycles. The molecule has 0 aliphatic carbocycles. The minimum atomic E-state index is -0.299. The molecule has 0 amide bonds. The molecule has 0 aliphatic rings. The van der Waals surface area contributed by atoms with Crippen LogP contribution in [0.4, 0.5) is 4.39 Å². The lowest BCUT2D eigenvalue weighted by Gasteiger charge is -2.13. The number of thioether (sulfide) groups is 1. The summed E-state index contributed by atoms with van der Waals surface area (Å²) >= 11 is 1.76. The lowest BCUT2D eigenvalue weighted by Crippen LogP contribution is -2.18. The lowest BCUT2D eigenvalue weighted by atomic mass is 10.1. The molecule has 17 heavy (non-hydrogen) atoms. The first-order valence-corrected chi connectivity index (χ1v) is 7.19. The van der Waals surface area contributed by atoms with Crippen molar-refractivity contribution in [3.63, 3.8) is 0 Å². The smallest absolute Gasteiger partial charge is 0.165 e. The average Bonchev–Trinajstić information content (AvgIpc) is 2.26. The van der Waals surface area contributed by atoms with Crippen LogP contribution in [0.3, 0.4) is 0 Å². The van der Waals surface area contributed by atoms with Gasteiger partial charge in [-0.1, -0.05) is 12.1 Å². The van der Waals surface area contributed by atoms with Crippen molar-refractivity contribution >= 4 is 11.8 Å². The predicted octanol–water partition coefficient (Wildman–Crippen LogP) is 2.85. The van der Waals surface area contributed by atoms with E-state index < -0.39 is 0 Å². The second kappa shape index (κ2) is 7.56. The van der Waals surface area contributed by atoms with Crippen LogP contribution in [0.2, 0.25) is 0 Å². The van der Waals surface area contributed by atoms with Gasteiger partial charge in [0.05, 0.1) is 6.61 Å². The normalized spacial score (nSPS) is 12.5. The first kappa shape index (κ1) is 14.3. The number of hydrogen-bond acceptors (Lipinski definition) is 3. The van der Waals surface area contributed by atoms with Crippen LogP contribution in [0.25, 0.3) is 0 Å². The third-order valence-electron chi connectivity index (χ3n) is 2.33. The maximum atomic E-state index is 13.6. The quantitative estimate of drug-likeness (QED) is 0.763. The van der Waals surface area contributed by atoms with Gasteiger partial charge in [0.25, 0.3) is 0 Å². The fourth-order valence-corrected chi connectivity index (χ4v) is 2.01. The molecule has 1 atom stereocenters. The van der Waals surface area contributed by atoms with E-state index in [0.29, 0.717) is 18.8 Å².